The molecule has 0 atom stereocenters. The third-order valence-corrected chi connectivity index (χ3v) is 13.8. The van der Waals surface area contributed by atoms with Gasteiger partial charge in [0, 0.05) is 87.2 Å². The first-order valence-corrected chi connectivity index (χ1v) is 21.3. The minimum Gasteiger partial charge on any atom is -0.375 e. The van der Waals surface area contributed by atoms with Gasteiger partial charge >= 0.3 is 0 Å². The number of nitrogens with zero attached hydrogens (tertiary/aromatic N) is 4. The van der Waals surface area contributed by atoms with Crippen LogP contribution < -0.4 is 14.7 Å². The summed E-state index contributed by atoms with van der Waals surface area (Å²) in [5, 5.41) is 2.76. The molecule has 1 aliphatic carbocycles. The molecule has 0 unspecified atom stereocenters. The topological polar surface area (TPSA) is 13.0 Å². The first kappa shape index (κ1) is 33.8. The number of rotatable bonds is 4. The smallest absolute Gasteiger partial charge is 0.0450 e. The molecule has 4 aliphatic heterocycles. The van der Waals surface area contributed by atoms with E-state index in [0.29, 0.717) is 0 Å². The molecule has 0 N–H and O–H groups in total. The lowest BCUT2D eigenvalue weighted by molar-refractivity contribution is 0.278. The maximum Gasteiger partial charge on any atom is 0.0450 e. The fraction of sp³-hybridized carbons (Fsp3) is 0.308. The molecule has 6 aromatic carbocycles. The number of hydrogen-bond donors (Lipinski definition) is 0. The minimum atomic E-state index is 0.976. The Morgan fingerprint density at radius 3 is 1.62 bits per heavy atom. The summed E-state index contributed by atoms with van der Waals surface area (Å²) in [5.41, 5.74) is 22.3. The van der Waals surface area contributed by atoms with Gasteiger partial charge in [-0.15, -0.1) is 0 Å². The maximum atomic E-state index is 2.71. The summed E-state index contributed by atoms with van der Waals surface area (Å²) in [7, 11) is 4.51. The Balaban J connectivity index is 1.16. The van der Waals surface area contributed by atoms with Crippen LogP contribution in [0.1, 0.15) is 78.3 Å². The van der Waals surface area contributed by atoms with Crippen LogP contribution in [0.3, 0.4) is 0 Å². The molecule has 0 aromatic heterocycles. The number of likely N-dealkylation sites (tertiary alicyclic amines) is 1. The van der Waals surface area contributed by atoms with Crippen LogP contribution in [0.5, 0.6) is 0 Å². The zero-order valence-electron chi connectivity index (χ0n) is 33.1. The van der Waals surface area contributed by atoms with E-state index in [1.54, 1.807) is 0 Å². The molecule has 0 saturated carbocycles. The fourth-order valence-corrected chi connectivity index (χ4v) is 10.9. The lowest BCUT2D eigenvalue weighted by Crippen LogP contribution is -2.30. The Morgan fingerprint density at radius 2 is 1.00 bits per heavy atom. The highest BCUT2D eigenvalue weighted by atomic mass is 15.1. The summed E-state index contributed by atoms with van der Waals surface area (Å²) in [4.78, 5) is 10.2. The molecule has 5 aliphatic rings. The van der Waals surface area contributed by atoms with Crippen molar-refractivity contribution >= 4 is 45.3 Å². The zero-order chi connectivity index (χ0) is 37.3. The van der Waals surface area contributed by atoms with Crippen LogP contribution in [0.4, 0.5) is 28.4 Å². The van der Waals surface area contributed by atoms with Gasteiger partial charge in [-0.1, -0.05) is 66.7 Å². The van der Waals surface area contributed by atoms with Gasteiger partial charge in [-0.25, -0.2) is 0 Å². The van der Waals surface area contributed by atoms with Crippen molar-refractivity contribution in [3.63, 3.8) is 0 Å². The predicted molar refractivity (Wildman–Crippen MR) is 237 cm³/mol. The van der Waals surface area contributed by atoms with Crippen molar-refractivity contribution < 1.29 is 0 Å². The van der Waals surface area contributed by atoms with Crippen molar-refractivity contribution in [2.75, 3.05) is 55.0 Å². The third kappa shape index (κ3) is 5.55. The van der Waals surface area contributed by atoms with Crippen LogP contribution >= 0.6 is 0 Å². The van der Waals surface area contributed by atoms with Gasteiger partial charge in [0.1, 0.15) is 0 Å². The van der Waals surface area contributed by atoms with Gasteiger partial charge in [0.15, 0.2) is 0 Å². The molecule has 280 valence electrons. The second kappa shape index (κ2) is 13.6. The maximum absolute atomic E-state index is 2.71. The molecule has 4 nitrogen and oxygen atoms in total. The summed E-state index contributed by atoms with van der Waals surface area (Å²) in [5.74, 6) is 0. The van der Waals surface area contributed by atoms with Crippen molar-refractivity contribution in [1.82, 2.24) is 4.90 Å². The van der Waals surface area contributed by atoms with E-state index in [2.05, 4.69) is 143 Å². The van der Waals surface area contributed by atoms with Crippen LogP contribution in [-0.4, -0.2) is 45.2 Å². The molecule has 11 rings (SSSR count). The van der Waals surface area contributed by atoms with Gasteiger partial charge in [0.2, 0.25) is 0 Å². The standard InChI is InChI=1S/C52H52N4/c1-53-47-15-7-5-13-35(47)29-37-17-19-39(31-49(37)53)51-43-23-21-42(56-27-11-4-12-28-56)34-46(43)52(44-24-22-41(33-45(44)51)55-25-9-3-10-26-55)40-20-18-38-30-36-14-6-8-16-48(36)54(2)50(38)32-40/h5-8,13-21,23,31-34H,3-4,9-12,22,24-30H2,1-2H3. The van der Waals surface area contributed by atoms with Gasteiger partial charge in [-0.3, -0.25) is 0 Å². The Bertz CT molecular complexity index is 2550. The number of fused-ring (bicyclic) bond motifs is 6. The highest BCUT2D eigenvalue weighted by Crippen LogP contribution is 2.50. The summed E-state index contributed by atoms with van der Waals surface area (Å²) >= 11 is 0. The molecule has 6 aromatic rings. The lowest BCUT2D eigenvalue weighted by Gasteiger charge is -2.35. The van der Waals surface area contributed by atoms with Crippen LogP contribution in [0.25, 0.3) is 39.1 Å². The number of anilines is 5. The molecule has 56 heavy (non-hydrogen) atoms. The molecule has 0 radical (unpaired) electrons. The van der Waals surface area contributed by atoms with E-state index >= 15 is 0 Å². The van der Waals surface area contributed by atoms with Gasteiger partial charge < -0.3 is 19.6 Å². The van der Waals surface area contributed by atoms with Gasteiger partial charge in [-0.05, 0) is 160 Å². The van der Waals surface area contributed by atoms with Crippen LogP contribution in [-0.2, 0) is 19.3 Å². The highest BCUT2D eigenvalue weighted by Gasteiger charge is 2.29. The monoisotopic (exact) mass is 732 g/mol. The van der Waals surface area contributed by atoms with Crippen molar-refractivity contribution in [3.8, 4) is 22.3 Å². The van der Waals surface area contributed by atoms with E-state index in [1.165, 1.54) is 152 Å². The summed E-state index contributed by atoms with van der Waals surface area (Å²) < 4.78 is 0. The quantitative estimate of drug-likeness (QED) is 0.179. The lowest BCUT2D eigenvalue weighted by atomic mass is 9.78. The molecule has 2 saturated heterocycles. The average molecular weight is 733 g/mol. The number of allylic oxidation sites excluding steroid dienone is 1. The Labute approximate surface area is 332 Å². The van der Waals surface area contributed by atoms with Gasteiger partial charge in [0.05, 0.1) is 0 Å². The van der Waals surface area contributed by atoms with E-state index in [0.717, 1.165) is 38.8 Å². The van der Waals surface area contributed by atoms with Gasteiger partial charge in [0.25, 0.3) is 0 Å². The Hall–Kier alpha value is -5.48. The molecule has 0 bridgehead atoms. The average Bonchev–Trinajstić information content (AvgIpc) is 3.26. The van der Waals surface area contributed by atoms with Crippen molar-refractivity contribution in [2.45, 2.75) is 64.2 Å². The molecule has 0 spiro atoms. The number of para-hydroxylation sites is 2. The second-order valence-corrected chi connectivity index (χ2v) is 17.0. The zero-order valence-corrected chi connectivity index (χ0v) is 33.1. The summed E-state index contributed by atoms with van der Waals surface area (Å²) in [6.45, 7) is 4.64. The van der Waals surface area contributed by atoms with E-state index in [-0.39, 0.29) is 0 Å². The number of hydrogen-bond acceptors (Lipinski definition) is 4. The minimum absolute atomic E-state index is 0.976. The molecule has 4 heterocycles. The Morgan fingerprint density at radius 1 is 0.446 bits per heavy atom. The molecule has 4 heteroatoms. The molecular weight excluding hydrogens is 681 g/mol. The molecule has 2 fully saturated rings. The third-order valence-electron chi connectivity index (χ3n) is 13.8. The van der Waals surface area contributed by atoms with Crippen LogP contribution in [0.15, 0.2) is 109 Å². The van der Waals surface area contributed by atoms with Crippen LogP contribution in [0.2, 0.25) is 0 Å². The molecule has 0 amide bonds. The first-order valence-electron chi connectivity index (χ1n) is 21.3. The first-order chi connectivity index (χ1) is 27.6. The summed E-state index contributed by atoms with van der Waals surface area (Å²) in [6, 6.07) is 40.1. The normalized spacial score (nSPS) is 17.5. The van der Waals surface area contributed by atoms with Crippen LogP contribution in [0, 0.1) is 0 Å². The number of piperidine rings is 2. The number of benzene rings is 6. The fourth-order valence-electron chi connectivity index (χ4n) is 10.9. The highest BCUT2D eigenvalue weighted by molar-refractivity contribution is 6.11. The van der Waals surface area contributed by atoms with E-state index in [1.807, 2.05) is 0 Å². The summed E-state index contributed by atoms with van der Waals surface area (Å²) in [6.07, 6.45) is 14.5. The molecular formula is C52H52N4. The van der Waals surface area contributed by atoms with Crippen molar-refractivity contribution in [1.29, 1.82) is 0 Å². The van der Waals surface area contributed by atoms with E-state index in [4.69, 9.17) is 0 Å². The largest absolute Gasteiger partial charge is 0.375 e. The predicted octanol–water partition coefficient (Wildman–Crippen LogP) is 12.3. The van der Waals surface area contributed by atoms with E-state index < -0.39 is 0 Å². The van der Waals surface area contributed by atoms with Gasteiger partial charge in [-0.2, -0.15) is 0 Å². The van der Waals surface area contributed by atoms with Crippen molar-refractivity contribution in [3.05, 3.63) is 142 Å². The second-order valence-electron chi connectivity index (χ2n) is 17.0. The SMILES string of the molecule is CN1c2ccccc2Cc2ccc(-c3c4c(c(-c5ccc6c(c5)N(C)c5ccccc5C6)c5cc(N6CCCCC6)ccc35)CCC(N3CCCCC3)=C4)cc21. The Kier molecular flexibility index (Phi) is 8.23. The van der Waals surface area contributed by atoms with Crippen molar-refractivity contribution in [2.24, 2.45) is 0 Å². The van der Waals surface area contributed by atoms with E-state index in [9.17, 15) is 0 Å².